The maximum atomic E-state index is 5.37. The van der Waals surface area contributed by atoms with Crippen molar-refractivity contribution in [1.29, 1.82) is 0 Å². The zero-order chi connectivity index (χ0) is 29.0. The standard InChI is InChI=1S/C40H26N4/c1-4-14-27(15-5-1)29-24-34(28-16-6-2-7-17-28)42-37(25-29)44-35-22-12-10-20-31(35)33-26-41-38-32-21-11-13-23-36(32)43(40(38)39(33)44)30-18-8-3-9-19-30/h1-26H. The summed E-state index contributed by atoms with van der Waals surface area (Å²) in [7, 11) is 0. The average Bonchev–Trinajstić information content (AvgIpc) is 3.62. The lowest BCUT2D eigenvalue weighted by molar-refractivity contribution is 1.08. The van der Waals surface area contributed by atoms with Crippen LogP contribution in [-0.2, 0) is 0 Å². The van der Waals surface area contributed by atoms with E-state index in [1.807, 2.05) is 12.3 Å². The second-order valence-electron chi connectivity index (χ2n) is 11.1. The van der Waals surface area contributed by atoms with Crippen LogP contribution in [-0.4, -0.2) is 19.1 Å². The van der Waals surface area contributed by atoms with Crippen LogP contribution in [0.15, 0.2) is 158 Å². The SMILES string of the molecule is c1ccc(-c2cc(-c3ccccc3)nc(-n3c4ccccc4c4cnc5c6ccccc6n(-c6ccccc6)c5c43)c2)cc1. The van der Waals surface area contributed by atoms with Gasteiger partial charge in [-0.15, -0.1) is 0 Å². The Morgan fingerprint density at radius 2 is 1.02 bits per heavy atom. The van der Waals surface area contributed by atoms with Crippen LogP contribution in [0.5, 0.6) is 0 Å². The molecule has 0 aliphatic heterocycles. The molecule has 206 valence electrons. The lowest BCUT2D eigenvalue weighted by atomic mass is 10.0. The van der Waals surface area contributed by atoms with Gasteiger partial charge in [-0.3, -0.25) is 9.55 Å². The van der Waals surface area contributed by atoms with Crippen molar-refractivity contribution in [2.45, 2.75) is 0 Å². The number of rotatable bonds is 4. The molecular weight excluding hydrogens is 536 g/mol. The highest BCUT2D eigenvalue weighted by Crippen LogP contribution is 2.41. The van der Waals surface area contributed by atoms with Crippen LogP contribution in [0, 0.1) is 0 Å². The number of hydrogen-bond acceptors (Lipinski definition) is 2. The Bertz CT molecular complexity index is 2420. The number of aromatic nitrogens is 4. The normalized spacial score (nSPS) is 11.6. The molecule has 0 bridgehead atoms. The third-order valence-corrected chi connectivity index (χ3v) is 8.54. The molecule has 0 amide bonds. The second-order valence-corrected chi connectivity index (χ2v) is 11.1. The monoisotopic (exact) mass is 562 g/mol. The Labute approximate surface area is 254 Å². The van der Waals surface area contributed by atoms with Crippen LogP contribution in [0.3, 0.4) is 0 Å². The molecule has 0 aliphatic carbocycles. The molecule has 4 nitrogen and oxygen atoms in total. The minimum absolute atomic E-state index is 0.869. The zero-order valence-corrected chi connectivity index (χ0v) is 23.8. The summed E-state index contributed by atoms with van der Waals surface area (Å²) in [5.74, 6) is 0.869. The lowest BCUT2D eigenvalue weighted by Crippen LogP contribution is -2.02. The summed E-state index contributed by atoms with van der Waals surface area (Å²) in [5.41, 5.74) is 10.7. The predicted octanol–water partition coefficient (Wildman–Crippen LogP) is 10.0. The summed E-state index contributed by atoms with van der Waals surface area (Å²) < 4.78 is 4.69. The third-order valence-electron chi connectivity index (χ3n) is 8.54. The predicted molar refractivity (Wildman–Crippen MR) is 182 cm³/mol. The summed E-state index contributed by atoms with van der Waals surface area (Å²) in [6.07, 6.45) is 2.04. The van der Waals surface area contributed by atoms with Crippen molar-refractivity contribution in [1.82, 2.24) is 19.1 Å². The quantitative estimate of drug-likeness (QED) is 0.214. The van der Waals surface area contributed by atoms with Crippen molar-refractivity contribution in [3.05, 3.63) is 158 Å². The minimum Gasteiger partial charge on any atom is -0.306 e. The average molecular weight is 563 g/mol. The van der Waals surface area contributed by atoms with Gasteiger partial charge in [0.2, 0.25) is 0 Å². The molecule has 0 radical (unpaired) electrons. The van der Waals surface area contributed by atoms with Gasteiger partial charge in [0.15, 0.2) is 0 Å². The number of fused-ring (bicyclic) bond motifs is 7. The molecule has 9 aromatic rings. The van der Waals surface area contributed by atoms with E-state index < -0.39 is 0 Å². The number of hydrogen-bond donors (Lipinski definition) is 0. The van der Waals surface area contributed by atoms with Gasteiger partial charge in [0.25, 0.3) is 0 Å². The van der Waals surface area contributed by atoms with Gasteiger partial charge in [-0.25, -0.2) is 4.98 Å². The van der Waals surface area contributed by atoms with Crippen LogP contribution in [0.2, 0.25) is 0 Å². The molecule has 44 heavy (non-hydrogen) atoms. The van der Waals surface area contributed by atoms with Gasteiger partial charge in [0.05, 0.1) is 33.3 Å². The molecule has 0 saturated heterocycles. The number of para-hydroxylation sites is 3. The van der Waals surface area contributed by atoms with Gasteiger partial charge in [-0.2, -0.15) is 0 Å². The van der Waals surface area contributed by atoms with E-state index in [0.29, 0.717) is 0 Å². The van der Waals surface area contributed by atoms with E-state index >= 15 is 0 Å². The van der Waals surface area contributed by atoms with E-state index in [9.17, 15) is 0 Å². The maximum absolute atomic E-state index is 5.37. The molecule has 9 rings (SSSR count). The molecule has 0 fully saturated rings. The van der Waals surface area contributed by atoms with Gasteiger partial charge in [-0.05, 0) is 47.5 Å². The smallest absolute Gasteiger partial charge is 0.138 e. The van der Waals surface area contributed by atoms with E-state index in [1.54, 1.807) is 0 Å². The second kappa shape index (κ2) is 9.79. The van der Waals surface area contributed by atoms with Gasteiger partial charge in [0.1, 0.15) is 5.82 Å². The highest BCUT2D eigenvalue weighted by atomic mass is 15.1. The minimum atomic E-state index is 0.869. The number of nitrogens with zero attached hydrogens (tertiary/aromatic N) is 4. The van der Waals surface area contributed by atoms with Gasteiger partial charge in [0, 0.05) is 33.6 Å². The molecule has 5 aromatic carbocycles. The van der Waals surface area contributed by atoms with Crippen LogP contribution < -0.4 is 0 Å². The van der Waals surface area contributed by atoms with Gasteiger partial charge in [-0.1, -0.05) is 115 Å². The van der Waals surface area contributed by atoms with E-state index in [4.69, 9.17) is 9.97 Å². The summed E-state index contributed by atoms with van der Waals surface area (Å²) in [4.78, 5) is 10.5. The molecular formula is C40H26N4. The lowest BCUT2D eigenvalue weighted by Gasteiger charge is -2.14. The Kier molecular flexibility index (Phi) is 5.47. The summed E-state index contributed by atoms with van der Waals surface area (Å²) in [6, 6.07) is 53.1. The molecule has 0 unspecified atom stereocenters. The first kappa shape index (κ1) is 24.6. The Morgan fingerprint density at radius 1 is 0.432 bits per heavy atom. The zero-order valence-electron chi connectivity index (χ0n) is 23.8. The fraction of sp³-hybridized carbons (Fsp3) is 0. The van der Waals surface area contributed by atoms with Crippen molar-refractivity contribution >= 4 is 43.7 Å². The van der Waals surface area contributed by atoms with E-state index in [1.165, 1.54) is 0 Å². The first-order chi connectivity index (χ1) is 21.8. The van der Waals surface area contributed by atoms with Gasteiger partial charge < -0.3 is 4.57 Å². The van der Waals surface area contributed by atoms with E-state index in [2.05, 4.69) is 155 Å². The molecule has 0 atom stereocenters. The van der Waals surface area contributed by atoms with Crippen molar-refractivity contribution in [2.75, 3.05) is 0 Å². The topological polar surface area (TPSA) is 35.6 Å². The highest BCUT2D eigenvalue weighted by Gasteiger charge is 2.23. The molecule has 0 N–H and O–H groups in total. The van der Waals surface area contributed by atoms with Crippen LogP contribution in [0.25, 0.3) is 77.6 Å². The fourth-order valence-electron chi connectivity index (χ4n) is 6.60. The van der Waals surface area contributed by atoms with Crippen LogP contribution in [0.4, 0.5) is 0 Å². The Hall–Kier alpha value is -6.00. The summed E-state index contributed by atoms with van der Waals surface area (Å²) in [6.45, 7) is 0. The van der Waals surface area contributed by atoms with Crippen molar-refractivity contribution in [2.24, 2.45) is 0 Å². The molecule has 4 heterocycles. The molecule has 0 saturated carbocycles. The highest BCUT2D eigenvalue weighted by molar-refractivity contribution is 6.22. The van der Waals surface area contributed by atoms with E-state index in [-0.39, 0.29) is 0 Å². The molecule has 4 heteroatoms. The maximum Gasteiger partial charge on any atom is 0.138 e. The van der Waals surface area contributed by atoms with Crippen molar-refractivity contribution < 1.29 is 0 Å². The number of benzene rings is 5. The third kappa shape index (κ3) is 3.71. The van der Waals surface area contributed by atoms with Crippen molar-refractivity contribution in [3.63, 3.8) is 0 Å². The Balaban J connectivity index is 1.48. The first-order valence-corrected chi connectivity index (χ1v) is 14.9. The van der Waals surface area contributed by atoms with Crippen LogP contribution in [0.1, 0.15) is 0 Å². The summed E-state index contributed by atoms with van der Waals surface area (Å²) in [5, 5.41) is 3.37. The van der Waals surface area contributed by atoms with Crippen molar-refractivity contribution in [3.8, 4) is 33.9 Å². The van der Waals surface area contributed by atoms with Crippen LogP contribution >= 0.6 is 0 Å². The summed E-state index contributed by atoms with van der Waals surface area (Å²) >= 11 is 0. The molecule has 0 aliphatic rings. The molecule has 4 aromatic heterocycles. The Morgan fingerprint density at radius 3 is 1.75 bits per heavy atom. The largest absolute Gasteiger partial charge is 0.306 e. The van der Waals surface area contributed by atoms with E-state index in [0.717, 1.165) is 77.6 Å². The molecule has 0 spiro atoms. The fourth-order valence-corrected chi connectivity index (χ4v) is 6.60. The number of pyridine rings is 2. The van der Waals surface area contributed by atoms with Gasteiger partial charge >= 0.3 is 0 Å². The first-order valence-electron chi connectivity index (χ1n) is 14.9.